The van der Waals surface area contributed by atoms with Crippen LogP contribution in [0.5, 0.6) is 0 Å². The second kappa shape index (κ2) is 9.32. The first-order valence-corrected chi connectivity index (χ1v) is 9.46. The van der Waals surface area contributed by atoms with Gasteiger partial charge in [-0.1, -0.05) is 11.6 Å². The molecule has 0 saturated heterocycles. The van der Waals surface area contributed by atoms with Gasteiger partial charge in [-0.2, -0.15) is 5.26 Å². The standard InChI is InChI=1S/C20H16ClFN4O5/c1-3-29-19(27)25-18-16(12-7-8-24-15(10-23)17(12)31-18)26(20(28)30-4-2)11-5-6-14(22)13(21)9-11/h5-9H,3-4H2,1-2H3,(H,25,27). The fraction of sp³-hybridized carbons (Fsp3) is 0.200. The lowest BCUT2D eigenvalue weighted by Crippen LogP contribution is -2.28. The molecule has 2 aromatic heterocycles. The number of pyridine rings is 1. The summed E-state index contributed by atoms with van der Waals surface area (Å²) < 4.78 is 29.4. The third-order valence-electron chi connectivity index (χ3n) is 4.01. The van der Waals surface area contributed by atoms with Crippen LogP contribution in [0.1, 0.15) is 19.5 Å². The second-order valence-electron chi connectivity index (χ2n) is 5.91. The summed E-state index contributed by atoms with van der Waals surface area (Å²) in [6.07, 6.45) is -0.361. The lowest BCUT2D eigenvalue weighted by atomic mass is 10.2. The molecule has 3 aromatic rings. The van der Waals surface area contributed by atoms with Crippen molar-refractivity contribution in [2.45, 2.75) is 13.8 Å². The van der Waals surface area contributed by atoms with E-state index in [1.807, 2.05) is 6.07 Å². The smallest absolute Gasteiger partial charge is 0.419 e. The minimum Gasteiger partial charge on any atom is -0.450 e. The minimum absolute atomic E-state index is 0.0225. The molecule has 9 nitrogen and oxygen atoms in total. The van der Waals surface area contributed by atoms with Crippen molar-refractivity contribution >= 4 is 52.0 Å². The van der Waals surface area contributed by atoms with Crippen molar-refractivity contribution in [3.63, 3.8) is 0 Å². The van der Waals surface area contributed by atoms with E-state index in [0.29, 0.717) is 0 Å². The van der Waals surface area contributed by atoms with Crippen molar-refractivity contribution in [2.75, 3.05) is 23.4 Å². The molecule has 11 heteroatoms. The predicted molar refractivity (Wildman–Crippen MR) is 110 cm³/mol. The van der Waals surface area contributed by atoms with Crippen LogP contribution in [-0.4, -0.2) is 30.4 Å². The third-order valence-corrected chi connectivity index (χ3v) is 4.30. The van der Waals surface area contributed by atoms with Crippen LogP contribution in [0.4, 0.5) is 31.2 Å². The molecule has 2 amide bonds. The molecule has 0 unspecified atom stereocenters. The molecule has 1 aromatic carbocycles. The topological polar surface area (TPSA) is 118 Å². The van der Waals surface area contributed by atoms with Gasteiger partial charge in [0.2, 0.25) is 5.88 Å². The van der Waals surface area contributed by atoms with Gasteiger partial charge in [-0.25, -0.2) is 23.9 Å². The molecular formula is C20H16ClFN4O5. The number of hydrogen-bond acceptors (Lipinski definition) is 7. The maximum absolute atomic E-state index is 13.7. The number of hydrogen-bond donors (Lipinski definition) is 1. The van der Waals surface area contributed by atoms with E-state index in [4.69, 9.17) is 25.5 Å². The van der Waals surface area contributed by atoms with E-state index in [2.05, 4.69) is 10.3 Å². The Kier molecular flexibility index (Phi) is 6.57. The quantitative estimate of drug-likeness (QED) is 0.560. The molecule has 0 atom stereocenters. The van der Waals surface area contributed by atoms with Crippen LogP contribution in [-0.2, 0) is 9.47 Å². The molecule has 0 spiro atoms. The zero-order valence-corrected chi connectivity index (χ0v) is 17.2. The first kappa shape index (κ1) is 21.9. The van der Waals surface area contributed by atoms with Gasteiger partial charge in [-0.15, -0.1) is 0 Å². The number of ether oxygens (including phenoxy) is 2. The summed E-state index contributed by atoms with van der Waals surface area (Å²) in [5.41, 5.74) is 0.115. The molecule has 1 N–H and O–H groups in total. The zero-order valence-electron chi connectivity index (χ0n) is 16.4. The summed E-state index contributed by atoms with van der Waals surface area (Å²) in [4.78, 5) is 29.9. The van der Waals surface area contributed by atoms with E-state index in [1.54, 1.807) is 13.8 Å². The van der Waals surface area contributed by atoms with E-state index in [0.717, 1.165) is 11.0 Å². The van der Waals surface area contributed by atoms with Gasteiger partial charge < -0.3 is 13.9 Å². The van der Waals surface area contributed by atoms with Gasteiger partial charge in [-0.05, 0) is 38.1 Å². The van der Waals surface area contributed by atoms with Gasteiger partial charge in [-0.3, -0.25) is 5.32 Å². The molecule has 0 aliphatic rings. The number of benzene rings is 1. The average Bonchev–Trinajstić information content (AvgIpc) is 3.09. The van der Waals surface area contributed by atoms with Gasteiger partial charge in [0.15, 0.2) is 11.3 Å². The minimum atomic E-state index is -0.852. The van der Waals surface area contributed by atoms with Gasteiger partial charge >= 0.3 is 12.2 Å². The average molecular weight is 447 g/mol. The van der Waals surface area contributed by atoms with Crippen molar-refractivity contribution in [3.05, 3.63) is 47.0 Å². The van der Waals surface area contributed by atoms with Crippen LogP contribution in [0, 0.1) is 17.1 Å². The maximum Gasteiger partial charge on any atom is 0.419 e. The fourth-order valence-corrected chi connectivity index (χ4v) is 2.97. The Hall–Kier alpha value is -3.84. The van der Waals surface area contributed by atoms with Gasteiger partial charge in [0, 0.05) is 6.20 Å². The normalized spacial score (nSPS) is 10.4. The van der Waals surface area contributed by atoms with E-state index in [9.17, 15) is 19.2 Å². The Morgan fingerprint density at radius 3 is 2.68 bits per heavy atom. The molecule has 0 radical (unpaired) electrons. The molecule has 3 rings (SSSR count). The molecule has 0 bridgehead atoms. The number of carbonyl (C=O) groups excluding carboxylic acids is 2. The monoisotopic (exact) mass is 446 g/mol. The van der Waals surface area contributed by atoms with Crippen LogP contribution in [0.25, 0.3) is 11.0 Å². The Balaban J connectivity index is 2.29. The van der Waals surface area contributed by atoms with Crippen LogP contribution >= 0.6 is 11.6 Å². The number of furan rings is 1. The van der Waals surface area contributed by atoms with Crippen LogP contribution in [0.15, 0.2) is 34.9 Å². The van der Waals surface area contributed by atoms with E-state index in [-0.39, 0.29) is 52.2 Å². The van der Waals surface area contributed by atoms with E-state index < -0.39 is 18.0 Å². The zero-order chi connectivity index (χ0) is 22.5. The number of nitrogens with one attached hydrogen (secondary N) is 1. The molecule has 0 aliphatic heterocycles. The first-order valence-electron chi connectivity index (χ1n) is 9.08. The summed E-state index contributed by atoms with van der Waals surface area (Å²) in [5.74, 6) is -0.890. The maximum atomic E-state index is 13.7. The Morgan fingerprint density at radius 2 is 2.03 bits per heavy atom. The first-order chi connectivity index (χ1) is 14.9. The number of aromatic nitrogens is 1. The van der Waals surface area contributed by atoms with Crippen LogP contribution in [0.2, 0.25) is 5.02 Å². The Morgan fingerprint density at radius 1 is 1.29 bits per heavy atom. The summed E-state index contributed by atoms with van der Waals surface area (Å²) in [6, 6.07) is 6.97. The van der Waals surface area contributed by atoms with Gasteiger partial charge in [0.25, 0.3) is 0 Å². The number of anilines is 3. The number of nitriles is 1. The molecule has 31 heavy (non-hydrogen) atoms. The highest BCUT2D eigenvalue weighted by atomic mass is 35.5. The SMILES string of the molecule is CCOC(=O)Nc1oc2c(C#N)nccc2c1N(C(=O)OCC)c1ccc(F)c(Cl)c1. The summed E-state index contributed by atoms with van der Waals surface area (Å²) in [7, 11) is 0. The van der Waals surface area contributed by atoms with Gasteiger partial charge in [0.1, 0.15) is 17.6 Å². The lowest BCUT2D eigenvalue weighted by Gasteiger charge is -2.22. The van der Waals surface area contributed by atoms with Crippen molar-refractivity contribution in [2.24, 2.45) is 0 Å². The lowest BCUT2D eigenvalue weighted by molar-refractivity contribution is 0.162. The van der Waals surface area contributed by atoms with E-state index in [1.165, 1.54) is 24.4 Å². The second-order valence-corrected chi connectivity index (χ2v) is 6.31. The number of carbonyl (C=O) groups is 2. The van der Waals surface area contributed by atoms with Crippen LogP contribution < -0.4 is 10.2 Å². The number of amides is 2. The highest BCUT2D eigenvalue weighted by Gasteiger charge is 2.30. The summed E-state index contributed by atoms with van der Waals surface area (Å²) >= 11 is 5.91. The molecule has 0 fully saturated rings. The number of rotatable bonds is 5. The number of fused-ring (bicyclic) bond motifs is 1. The third kappa shape index (κ3) is 4.36. The largest absolute Gasteiger partial charge is 0.450 e. The number of nitrogens with zero attached hydrogens (tertiary/aromatic N) is 3. The fourth-order valence-electron chi connectivity index (χ4n) is 2.79. The van der Waals surface area contributed by atoms with Crippen LogP contribution in [0.3, 0.4) is 0 Å². The van der Waals surface area contributed by atoms with Crippen molar-refractivity contribution < 1.29 is 27.9 Å². The number of halogens is 2. The Labute approximate surface area is 180 Å². The summed E-state index contributed by atoms with van der Waals surface area (Å²) in [5, 5.41) is 11.8. The molecule has 2 heterocycles. The molecule has 160 valence electrons. The highest BCUT2D eigenvalue weighted by molar-refractivity contribution is 6.31. The molecular weight excluding hydrogens is 431 g/mol. The predicted octanol–water partition coefficient (Wildman–Crippen LogP) is 5.35. The van der Waals surface area contributed by atoms with Crippen molar-refractivity contribution in [1.29, 1.82) is 5.26 Å². The van der Waals surface area contributed by atoms with E-state index >= 15 is 0 Å². The van der Waals surface area contributed by atoms with Gasteiger partial charge in [0.05, 0.1) is 29.3 Å². The van der Waals surface area contributed by atoms with Crippen molar-refractivity contribution in [1.82, 2.24) is 4.98 Å². The Bertz CT molecular complexity index is 1190. The molecule has 0 aliphatic carbocycles. The summed E-state index contributed by atoms with van der Waals surface area (Å²) in [6.45, 7) is 3.34. The van der Waals surface area contributed by atoms with Crippen molar-refractivity contribution in [3.8, 4) is 6.07 Å². The molecule has 0 saturated carbocycles. The highest BCUT2D eigenvalue weighted by Crippen LogP contribution is 2.43.